The van der Waals surface area contributed by atoms with E-state index in [1.165, 1.54) is 16.2 Å². The molecule has 96 valence electrons. The first-order chi connectivity index (χ1) is 8.15. The Balaban J connectivity index is 2.06. The maximum absolute atomic E-state index is 5.80. The summed E-state index contributed by atoms with van der Waals surface area (Å²) in [6, 6.07) is 5.80. The zero-order valence-electron chi connectivity index (χ0n) is 11.1. The molecule has 17 heavy (non-hydrogen) atoms. The highest BCUT2D eigenvalue weighted by molar-refractivity contribution is 7.12. The molecule has 1 aromatic heterocycles. The van der Waals surface area contributed by atoms with Crippen molar-refractivity contribution in [3.63, 3.8) is 0 Å². The van der Waals surface area contributed by atoms with Gasteiger partial charge in [0.05, 0.1) is 0 Å². The Morgan fingerprint density at radius 3 is 2.82 bits per heavy atom. The van der Waals surface area contributed by atoms with Gasteiger partial charge in [0.2, 0.25) is 0 Å². The van der Waals surface area contributed by atoms with Crippen LogP contribution in [0.25, 0.3) is 0 Å². The fourth-order valence-corrected chi connectivity index (χ4v) is 3.88. The molecule has 0 saturated carbocycles. The molecule has 2 heterocycles. The van der Waals surface area contributed by atoms with Gasteiger partial charge in [-0.15, -0.1) is 11.3 Å². The summed E-state index contributed by atoms with van der Waals surface area (Å²) >= 11 is 1.97. The third-order valence-electron chi connectivity index (χ3n) is 3.98. The van der Waals surface area contributed by atoms with Crippen LogP contribution < -0.4 is 5.73 Å². The van der Waals surface area contributed by atoms with Crippen molar-refractivity contribution in [2.75, 3.05) is 13.1 Å². The quantitative estimate of drug-likeness (QED) is 0.892. The van der Waals surface area contributed by atoms with Gasteiger partial charge >= 0.3 is 0 Å². The number of nitrogens with zero attached hydrogens (tertiary/aromatic N) is 1. The number of rotatable bonds is 4. The van der Waals surface area contributed by atoms with E-state index in [-0.39, 0.29) is 0 Å². The van der Waals surface area contributed by atoms with Crippen LogP contribution in [-0.4, -0.2) is 24.0 Å². The van der Waals surface area contributed by atoms with Crippen molar-refractivity contribution >= 4 is 11.3 Å². The standard InChI is InChI=1S/C14H24N2S/c1-4-13-5-6-14(17-13)11(3)16-9-12(8-15)7-10(16)2/h5-6,10-12H,4,7-9,15H2,1-3H3. The van der Waals surface area contributed by atoms with E-state index in [0.717, 1.165) is 19.5 Å². The summed E-state index contributed by atoms with van der Waals surface area (Å²) in [6.45, 7) is 8.89. The van der Waals surface area contributed by atoms with E-state index in [1.54, 1.807) is 0 Å². The van der Waals surface area contributed by atoms with Gasteiger partial charge in [-0.25, -0.2) is 0 Å². The molecule has 1 aromatic rings. The lowest BCUT2D eigenvalue weighted by Gasteiger charge is -2.27. The van der Waals surface area contributed by atoms with Gasteiger partial charge in [-0.05, 0) is 51.3 Å². The van der Waals surface area contributed by atoms with E-state index >= 15 is 0 Å². The number of thiophene rings is 1. The van der Waals surface area contributed by atoms with Crippen LogP contribution in [0.3, 0.4) is 0 Å². The average molecular weight is 252 g/mol. The molecule has 1 aliphatic rings. The van der Waals surface area contributed by atoms with Gasteiger partial charge in [0.25, 0.3) is 0 Å². The number of nitrogens with two attached hydrogens (primary N) is 1. The second-order valence-electron chi connectivity index (χ2n) is 5.22. The lowest BCUT2D eigenvalue weighted by molar-refractivity contribution is 0.203. The fraction of sp³-hybridized carbons (Fsp3) is 0.714. The van der Waals surface area contributed by atoms with E-state index in [4.69, 9.17) is 5.73 Å². The Morgan fingerprint density at radius 1 is 1.53 bits per heavy atom. The van der Waals surface area contributed by atoms with Crippen LogP contribution in [0.2, 0.25) is 0 Å². The molecule has 0 aromatic carbocycles. The SMILES string of the molecule is CCc1ccc(C(C)N2CC(CN)CC2C)s1. The molecule has 0 aliphatic carbocycles. The summed E-state index contributed by atoms with van der Waals surface area (Å²) in [7, 11) is 0. The highest BCUT2D eigenvalue weighted by Crippen LogP contribution is 2.34. The van der Waals surface area contributed by atoms with Gasteiger partial charge < -0.3 is 5.73 Å². The summed E-state index contributed by atoms with van der Waals surface area (Å²) in [5.41, 5.74) is 5.80. The van der Waals surface area contributed by atoms with Crippen molar-refractivity contribution in [3.05, 3.63) is 21.9 Å². The van der Waals surface area contributed by atoms with Gasteiger partial charge in [-0.3, -0.25) is 4.90 Å². The Bertz CT molecular complexity index is 361. The van der Waals surface area contributed by atoms with Crippen LogP contribution in [0, 0.1) is 5.92 Å². The predicted molar refractivity (Wildman–Crippen MR) is 75.4 cm³/mol. The number of hydrogen-bond donors (Lipinski definition) is 1. The summed E-state index contributed by atoms with van der Waals surface area (Å²) in [5.74, 6) is 0.693. The minimum absolute atomic E-state index is 0.548. The van der Waals surface area contributed by atoms with E-state index in [9.17, 15) is 0 Å². The van der Waals surface area contributed by atoms with Crippen LogP contribution in [0.4, 0.5) is 0 Å². The normalized spacial score (nSPS) is 27.5. The van der Waals surface area contributed by atoms with Crippen LogP contribution in [-0.2, 0) is 6.42 Å². The highest BCUT2D eigenvalue weighted by Gasteiger charge is 2.32. The molecule has 2 nitrogen and oxygen atoms in total. The Labute approximate surface area is 109 Å². The lowest BCUT2D eigenvalue weighted by atomic mass is 10.1. The minimum Gasteiger partial charge on any atom is -0.330 e. The Kier molecular flexibility index (Phi) is 4.23. The molecule has 1 aliphatic heterocycles. The molecular weight excluding hydrogens is 228 g/mol. The first-order valence-electron chi connectivity index (χ1n) is 6.70. The molecule has 0 bridgehead atoms. The summed E-state index contributed by atoms with van der Waals surface area (Å²) in [4.78, 5) is 5.61. The van der Waals surface area contributed by atoms with Gasteiger partial charge in [0, 0.05) is 28.4 Å². The lowest BCUT2D eigenvalue weighted by Crippen LogP contribution is -2.30. The van der Waals surface area contributed by atoms with Crippen molar-refractivity contribution in [2.24, 2.45) is 11.7 Å². The molecule has 2 rings (SSSR count). The predicted octanol–water partition coefficient (Wildman–Crippen LogP) is 3.04. The van der Waals surface area contributed by atoms with Crippen LogP contribution >= 0.6 is 11.3 Å². The molecule has 2 N–H and O–H groups in total. The van der Waals surface area contributed by atoms with Crippen molar-refractivity contribution < 1.29 is 0 Å². The molecule has 0 spiro atoms. The minimum atomic E-state index is 0.548. The van der Waals surface area contributed by atoms with Gasteiger partial charge in [-0.1, -0.05) is 6.92 Å². The largest absolute Gasteiger partial charge is 0.330 e. The molecule has 0 radical (unpaired) electrons. The maximum atomic E-state index is 5.80. The smallest absolute Gasteiger partial charge is 0.0416 e. The second kappa shape index (κ2) is 5.51. The molecule has 3 atom stereocenters. The Morgan fingerprint density at radius 2 is 2.29 bits per heavy atom. The topological polar surface area (TPSA) is 29.3 Å². The van der Waals surface area contributed by atoms with Crippen LogP contribution in [0.1, 0.15) is 43.0 Å². The first-order valence-corrected chi connectivity index (χ1v) is 7.51. The van der Waals surface area contributed by atoms with Gasteiger partial charge in [-0.2, -0.15) is 0 Å². The molecule has 0 amide bonds. The molecule has 1 fully saturated rings. The third kappa shape index (κ3) is 2.72. The Hall–Kier alpha value is -0.380. The third-order valence-corrected chi connectivity index (χ3v) is 5.38. The van der Waals surface area contributed by atoms with E-state index < -0.39 is 0 Å². The van der Waals surface area contributed by atoms with E-state index in [0.29, 0.717) is 18.0 Å². The average Bonchev–Trinajstić information content (AvgIpc) is 2.94. The number of likely N-dealkylation sites (tertiary alicyclic amines) is 1. The summed E-state index contributed by atoms with van der Waals surface area (Å²) in [6.07, 6.45) is 2.41. The van der Waals surface area contributed by atoms with Crippen LogP contribution in [0.15, 0.2) is 12.1 Å². The number of hydrogen-bond acceptors (Lipinski definition) is 3. The summed E-state index contributed by atoms with van der Waals surface area (Å²) < 4.78 is 0. The van der Waals surface area contributed by atoms with Crippen LogP contribution in [0.5, 0.6) is 0 Å². The monoisotopic (exact) mass is 252 g/mol. The van der Waals surface area contributed by atoms with E-state index in [1.807, 2.05) is 11.3 Å². The van der Waals surface area contributed by atoms with Gasteiger partial charge in [0.15, 0.2) is 0 Å². The second-order valence-corrected chi connectivity index (χ2v) is 6.42. The molecule has 3 unspecified atom stereocenters. The van der Waals surface area contributed by atoms with Gasteiger partial charge in [0.1, 0.15) is 0 Å². The van der Waals surface area contributed by atoms with E-state index in [2.05, 4.69) is 37.8 Å². The molecule has 3 heteroatoms. The number of aryl methyl sites for hydroxylation is 1. The first kappa shape index (κ1) is 13.1. The zero-order chi connectivity index (χ0) is 12.4. The van der Waals surface area contributed by atoms with Crippen molar-refractivity contribution in [3.8, 4) is 0 Å². The zero-order valence-corrected chi connectivity index (χ0v) is 12.0. The molecule has 1 saturated heterocycles. The maximum Gasteiger partial charge on any atom is 0.0416 e. The fourth-order valence-electron chi connectivity index (χ4n) is 2.85. The molecular formula is C14H24N2S. The van der Waals surface area contributed by atoms with Crippen molar-refractivity contribution in [1.29, 1.82) is 0 Å². The highest BCUT2D eigenvalue weighted by atomic mass is 32.1. The van der Waals surface area contributed by atoms with Crippen molar-refractivity contribution in [1.82, 2.24) is 4.90 Å². The summed E-state index contributed by atoms with van der Waals surface area (Å²) in [5, 5.41) is 0. The van der Waals surface area contributed by atoms with Crippen molar-refractivity contribution in [2.45, 2.75) is 45.7 Å².